The van der Waals surface area contributed by atoms with E-state index < -0.39 is 0 Å². The van der Waals surface area contributed by atoms with Crippen LogP contribution in [0.15, 0.2) is 18.2 Å². The number of fused-ring (bicyclic) bond motifs is 1. The lowest BCUT2D eigenvalue weighted by molar-refractivity contribution is 0.0979. The van der Waals surface area contributed by atoms with Crippen LogP contribution in [0.4, 0.5) is 0 Å². The molecule has 0 radical (unpaired) electrons. The van der Waals surface area contributed by atoms with E-state index in [2.05, 4.69) is 19.2 Å². The van der Waals surface area contributed by atoms with E-state index in [1.54, 1.807) is 6.07 Å². The van der Waals surface area contributed by atoms with E-state index in [1.165, 1.54) is 0 Å². The molecule has 4 nitrogen and oxygen atoms in total. The molecule has 0 aliphatic carbocycles. The maximum Gasteiger partial charge on any atom is 0.163 e. The third kappa shape index (κ3) is 4.23. The average Bonchev–Trinajstić information content (AvgIpc) is 2.67. The minimum Gasteiger partial charge on any atom is -0.490 e. The van der Waals surface area contributed by atoms with Crippen molar-refractivity contribution in [3.05, 3.63) is 23.8 Å². The molecule has 20 heavy (non-hydrogen) atoms. The van der Waals surface area contributed by atoms with Crippen LogP contribution >= 0.6 is 0 Å². The molecule has 0 atom stereocenters. The summed E-state index contributed by atoms with van der Waals surface area (Å²) in [6.07, 6.45) is 2.28. The fourth-order valence-electron chi connectivity index (χ4n) is 2.12. The van der Waals surface area contributed by atoms with Gasteiger partial charge in [0, 0.05) is 24.4 Å². The summed E-state index contributed by atoms with van der Waals surface area (Å²) in [6, 6.07) is 5.92. The number of hydrogen-bond donors (Lipinski definition) is 1. The van der Waals surface area contributed by atoms with Crippen LogP contribution in [0.25, 0.3) is 0 Å². The van der Waals surface area contributed by atoms with E-state index in [0.717, 1.165) is 25.1 Å². The highest BCUT2D eigenvalue weighted by Gasteiger charge is 2.13. The Labute approximate surface area is 120 Å². The summed E-state index contributed by atoms with van der Waals surface area (Å²) in [5.41, 5.74) is 0.707. The molecule has 1 aliphatic heterocycles. The SMILES string of the molecule is CC(C)NCCCC(=O)c1ccc2c(c1)OCCCO2. The van der Waals surface area contributed by atoms with Gasteiger partial charge in [0.25, 0.3) is 0 Å². The molecule has 0 unspecified atom stereocenters. The first-order chi connectivity index (χ1) is 9.66. The highest BCUT2D eigenvalue weighted by atomic mass is 16.5. The van der Waals surface area contributed by atoms with Gasteiger partial charge in [0.15, 0.2) is 17.3 Å². The second-order valence-corrected chi connectivity index (χ2v) is 5.35. The summed E-state index contributed by atoms with van der Waals surface area (Å²) in [7, 11) is 0. The molecule has 1 N–H and O–H groups in total. The zero-order valence-electron chi connectivity index (χ0n) is 12.3. The monoisotopic (exact) mass is 277 g/mol. The van der Waals surface area contributed by atoms with Crippen molar-refractivity contribution in [1.29, 1.82) is 0 Å². The number of carbonyl (C=O) groups is 1. The van der Waals surface area contributed by atoms with Crippen LogP contribution in [0, 0.1) is 0 Å². The third-order valence-corrected chi connectivity index (χ3v) is 3.20. The summed E-state index contributed by atoms with van der Waals surface area (Å²) in [4.78, 5) is 12.1. The van der Waals surface area contributed by atoms with Crippen molar-refractivity contribution in [1.82, 2.24) is 5.32 Å². The van der Waals surface area contributed by atoms with Crippen LogP contribution in [-0.2, 0) is 0 Å². The largest absolute Gasteiger partial charge is 0.490 e. The molecule has 110 valence electrons. The standard InChI is InChI=1S/C16H23NO3/c1-12(2)17-8-3-5-14(18)13-6-7-15-16(11-13)20-10-4-9-19-15/h6-7,11-12,17H,3-5,8-10H2,1-2H3. The van der Waals surface area contributed by atoms with Gasteiger partial charge in [-0.05, 0) is 31.2 Å². The number of Topliss-reactive ketones (excluding diaryl/α,β-unsaturated/α-hetero) is 1. The van der Waals surface area contributed by atoms with Crippen LogP contribution in [0.3, 0.4) is 0 Å². The van der Waals surface area contributed by atoms with E-state index in [0.29, 0.717) is 37.0 Å². The lowest BCUT2D eigenvalue weighted by atomic mass is 10.1. The van der Waals surface area contributed by atoms with Gasteiger partial charge in [0.05, 0.1) is 13.2 Å². The van der Waals surface area contributed by atoms with Crippen molar-refractivity contribution in [3.63, 3.8) is 0 Å². The second kappa shape index (κ2) is 7.29. The molecular weight excluding hydrogens is 254 g/mol. The Hall–Kier alpha value is -1.55. The first-order valence-electron chi connectivity index (χ1n) is 7.33. The van der Waals surface area contributed by atoms with E-state index in [9.17, 15) is 4.79 Å². The average molecular weight is 277 g/mol. The molecule has 1 heterocycles. The maximum atomic E-state index is 12.1. The molecule has 0 spiro atoms. The molecule has 4 heteroatoms. The molecule has 1 aliphatic rings. The molecule has 0 amide bonds. The number of rotatable bonds is 6. The zero-order chi connectivity index (χ0) is 14.4. The van der Waals surface area contributed by atoms with Crippen LogP contribution in [0.1, 0.15) is 43.5 Å². The van der Waals surface area contributed by atoms with Gasteiger partial charge in [0.1, 0.15) is 0 Å². The number of hydrogen-bond acceptors (Lipinski definition) is 4. The van der Waals surface area contributed by atoms with Crippen molar-refractivity contribution in [2.24, 2.45) is 0 Å². The predicted octanol–water partition coefficient (Wildman–Crippen LogP) is 2.81. The van der Waals surface area contributed by atoms with Gasteiger partial charge >= 0.3 is 0 Å². The first kappa shape index (κ1) is 14.9. The molecule has 0 saturated heterocycles. The molecule has 1 aromatic carbocycles. The van der Waals surface area contributed by atoms with Gasteiger partial charge < -0.3 is 14.8 Å². The molecule has 2 rings (SSSR count). The van der Waals surface area contributed by atoms with Gasteiger partial charge in [-0.25, -0.2) is 0 Å². The first-order valence-corrected chi connectivity index (χ1v) is 7.33. The van der Waals surface area contributed by atoms with Gasteiger partial charge in [-0.3, -0.25) is 4.79 Å². The highest BCUT2D eigenvalue weighted by Crippen LogP contribution is 2.30. The highest BCUT2D eigenvalue weighted by molar-refractivity contribution is 5.96. The summed E-state index contributed by atoms with van der Waals surface area (Å²) in [6.45, 7) is 6.38. The summed E-state index contributed by atoms with van der Waals surface area (Å²) >= 11 is 0. The Morgan fingerprint density at radius 1 is 1.25 bits per heavy atom. The zero-order valence-corrected chi connectivity index (χ0v) is 12.3. The second-order valence-electron chi connectivity index (χ2n) is 5.35. The van der Waals surface area contributed by atoms with Crippen LogP contribution in [-0.4, -0.2) is 31.6 Å². The van der Waals surface area contributed by atoms with Crippen molar-refractivity contribution in [3.8, 4) is 11.5 Å². The predicted molar refractivity (Wildman–Crippen MR) is 78.8 cm³/mol. The third-order valence-electron chi connectivity index (χ3n) is 3.20. The summed E-state index contributed by atoms with van der Waals surface area (Å²) < 4.78 is 11.2. The molecule has 0 bridgehead atoms. The van der Waals surface area contributed by atoms with Crippen LogP contribution in [0.5, 0.6) is 11.5 Å². The summed E-state index contributed by atoms with van der Waals surface area (Å²) in [5, 5.41) is 3.31. The fraction of sp³-hybridized carbons (Fsp3) is 0.562. The lowest BCUT2D eigenvalue weighted by Gasteiger charge is -2.09. The van der Waals surface area contributed by atoms with Crippen molar-refractivity contribution >= 4 is 5.78 Å². The van der Waals surface area contributed by atoms with Crippen molar-refractivity contribution in [2.45, 2.75) is 39.2 Å². The topological polar surface area (TPSA) is 47.6 Å². The lowest BCUT2D eigenvalue weighted by Crippen LogP contribution is -2.24. The molecule has 0 saturated carbocycles. The summed E-state index contributed by atoms with van der Waals surface area (Å²) in [5.74, 6) is 1.58. The van der Waals surface area contributed by atoms with Gasteiger partial charge in [0.2, 0.25) is 0 Å². The number of nitrogens with one attached hydrogen (secondary N) is 1. The van der Waals surface area contributed by atoms with Gasteiger partial charge in [-0.2, -0.15) is 0 Å². The fourth-order valence-corrected chi connectivity index (χ4v) is 2.12. The van der Waals surface area contributed by atoms with Crippen LogP contribution < -0.4 is 14.8 Å². The Bertz CT molecular complexity index is 457. The minimum atomic E-state index is 0.159. The molecule has 0 fully saturated rings. The molecular formula is C16H23NO3. The van der Waals surface area contributed by atoms with E-state index in [4.69, 9.17) is 9.47 Å². The number of ether oxygens (including phenoxy) is 2. The van der Waals surface area contributed by atoms with Crippen LogP contribution in [0.2, 0.25) is 0 Å². The minimum absolute atomic E-state index is 0.159. The Morgan fingerprint density at radius 2 is 2.00 bits per heavy atom. The quantitative estimate of drug-likeness (QED) is 0.641. The number of carbonyl (C=O) groups excluding carboxylic acids is 1. The van der Waals surface area contributed by atoms with Gasteiger partial charge in [-0.1, -0.05) is 13.8 Å². The normalized spacial score (nSPS) is 14.2. The van der Waals surface area contributed by atoms with Crippen molar-refractivity contribution in [2.75, 3.05) is 19.8 Å². The Kier molecular flexibility index (Phi) is 5.41. The number of benzene rings is 1. The smallest absolute Gasteiger partial charge is 0.163 e. The van der Waals surface area contributed by atoms with Gasteiger partial charge in [-0.15, -0.1) is 0 Å². The number of ketones is 1. The van der Waals surface area contributed by atoms with E-state index in [1.807, 2.05) is 12.1 Å². The molecule has 1 aromatic rings. The van der Waals surface area contributed by atoms with E-state index in [-0.39, 0.29) is 5.78 Å². The molecule has 0 aromatic heterocycles. The Morgan fingerprint density at radius 3 is 2.75 bits per heavy atom. The Balaban J connectivity index is 1.91. The van der Waals surface area contributed by atoms with Crippen molar-refractivity contribution < 1.29 is 14.3 Å². The maximum absolute atomic E-state index is 12.1. The van der Waals surface area contributed by atoms with E-state index >= 15 is 0 Å².